The van der Waals surface area contributed by atoms with E-state index in [0.29, 0.717) is 6.61 Å². The molecule has 0 aliphatic rings. The minimum absolute atomic E-state index is 0.212. The third-order valence-corrected chi connectivity index (χ3v) is 2.97. The topological polar surface area (TPSA) is 41.5 Å². The third-order valence-electron chi connectivity index (χ3n) is 2.61. The third kappa shape index (κ3) is 5.25. The quantitative estimate of drug-likeness (QED) is 0.679. The summed E-state index contributed by atoms with van der Waals surface area (Å²) in [6, 6.07) is 5.71. The average Bonchev–Trinajstić information content (AvgIpc) is 2.37. The Morgan fingerprint density at radius 1 is 1.33 bits per heavy atom. The number of benzene rings is 1. The lowest BCUT2D eigenvalue weighted by atomic mass is 10.2. The molecule has 0 amide bonds. The summed E-state index contributed by atoms with van der Waals surface area (Å²) < 4.78 is 5.72. The first-order chi connectivity index (χ1) is 8.79. The summed E-state index contributed by atoms with van der Waals surface area (Å²) in [5.74, 6) is 0.837. The normalized spacial score (nSPS) is 10.6. The summed E-state index contributed by atoms with van der Waals surface area (Å²) in [7, 11) is 0. The number of hydrogen-bond acceptors (Lipinski definition) is 3. The van der Waals surface area contributed by atoms with E-state index in [1.807, 2.05) is 18.2 Å². The van der Waals surface area contributed by atoms with Gasteiger partial charge in [-0.2, -0.15) is 0 Å². The summed E-state index contributed by atoms with van der Waals surface area (Å²) in [4.78, 5) is 0. The second kappa shape index (κ2) is 9.20. The van der Waals surface area contributed by atoms with Crippen molar-refractivity contribution in [3.8, 4) is 5.75 Å². The molecule has 0 atom stereocenters. The first-order valence-corrected chi connectivity index (χ1v) is 6.89. The Balaban J connectivity index is 2.56. The molecule has 0 aliphatic heterocycles. The Hall–Kier alpha value is -0.770. The molecule has 1 aromatic carbocycles. The second-order valence-electron chi connectivity index (χ2n) is 4.17. The molecule has 0 unspecified atom stereocenters. The minimum atomic E-state index is 0.212. The molecule has 4 heteroatoms. The van der Waals surface area contributed by atoms with Crippen LogP contribution in [0.5, 0.6) is 5.75 Å². The van der Waals surface area contributed by atoms with E-state index in [2.05, 4.69) is 12.2 Å². The lowest BCUT2D eigenvalue weighted by Crippen LogP contribution is -2.15. The number of unbranched alkanes of at least 4 members (excludes halogenated alkanes) is 1. The predicted octanol–water partition coefficient (Wildman–Crippen LogP) is 2.99. The molecule has 1 rings (SSSR count). The molecule has 0 aliphatic carbocycles. The molecule has 0 aromatic heterocycles. The van der Waals surface area contributed by atoms with E-state index >= 15 is 0 Å². The van der Waals surface area contributed by atoms with Crippen LogP contribution in [0.4, 0.5) is 0 Å². The molecule has 0 saturated heterocycles. The van der Waals surface area contributed by atoms with Crippen LogP contribution in [0.2, 0.25) is 5.02 Å². The maximum absolute atomic E-state index is 8.72. The van der Waals surface area contributed by atoms with Gasteiger partial charge in [-0.1, -0.05) is 24.6 Å². The van der Waals surface area contributed by atoms with Gasteiger partial charge in [0, 0.05) is 23.7 Å². The highest BCUT2D eigenvalue weighted by Gasteiger charge is 2.07. The summed E-state index contributed by atoms with van der Waals surface area (Å²) >= 11 is 6.19. The zero-order chi connectivity index (χ0) is 13.2. The summed E-state index contributed by atoms with van der Waals surface area (Å²) in [6.45, 7) is 4.65. The number of nitrogens with one attached hydrogen (secondary N) is 1. The van der Waals surface area contributed by atoms with Crippen molar-refractivity contribution in [1.29, 1.82) is 0 Å². The summed E-state index contributed by atoms with van der Waals surface area (Å²) in [6.07, 6.45) is 2.71. The van der Waals surface area contributed by atoms with Gasteiger partial charge in [-0.3, -0.25) is 0 Å². The number of ether oxygens (including phenoxy) is 1. The van der Waals surface area contributed by atoms with Crippen molar-refractivity contribution in [3.63, 3.8) is 0 Å². The van der Waals surface area contributed by atoms with Gasteiger partial charge < -0.3 is 15.2 Å². The van der Waals surface area contributed by atoms with E-state index in [0.717, 1.165) is 48.7 Å². The molecule has 18 heavy (non-hydrogen) atoms. The SMILES string of the molecule is CCCNCc1c(Cl)cccc1OCCCCO. The summed E-state index contributed by atoms with van der Waals surface area (Å²) in [5, 5.41) is 12.8. The fourth-order valence-electron chi connectivity index (χ4n) is 1.63. The molecule has 0 saturated carbocycles. The van der Waals surface area contributed by atoms with E-state index in [-0.39, 0.29) is 6.61 Å². The van der Waals surface area contributed by atoms with Crippen LogP contribution in [0, 0.1) is 0 Å². The molecule has 0 heterocycles. The Morgan fingerprint density at radius 2 is 2.17 bits per heavy atom. The largest absolute Gasteiger partial charge is 0.493 e. The fraction of sp³-hybridized carbons (Fsp3) is 0.571. The van der Waals surface area contributed by atoms with Crippen LogP contribution in [-0.4, -0.2) is 24.9 Å². The lowest BCUT2D eigenvalue weighted by Gasteiger charge is -2.13. The average molecular weight is 272 g/mol. The number of hydrogen-bond donors (Lipinski definition) is 2. The van der Waals surface area contributed by atoms with Gasteiger partial charge in [-0.25, -0.2) is 0 Å². The Labute approximate surface area is 114 Å². The molecule has 0 bridgehead atoms. The highest BCUT2D eigenvalue weighted by atomic mass is 35.5. The van der Waals surface area contributed by atoms with Crippen molar-refractivity contribution in [2.75, 3.05) is 19.8 Å². The van der Waals surface area contributed by atoms with E-state index < -0.39 is 0 Å². The summed E-state index contributed by atoms with van der Waals surface area (Å²) in [5.41, 5.74) is 1.01. The Bertz CT molecular complexity index is 345. The standard InChI is InChI=1S/C14H22ClNO2/c1-2-8-16-11-12-13(15)6-5-7-14(12)18-10-4-3-9-17/h5-7,16-17H,2-4,8-11H2,1H3. The van der Waals surface area contributed by atoms with Crippen molar-refractivity contribution < 1.29 is 9.84 Å². The van der Waals surface area contributed by atoms with Gasteiger partial charge in [0.1, 0.15) is 5.75 Å². The maximum Gasteiger partial charge on any atom is 0.125 e. The van der Waals surface area contributed by atoms with Crippen LogP contribution in [0.3, 0.4) is 0 Å². The van der Waals surface area contributed by atoms with Crippen molar-refractivity contribution in [3.05, 3.63) is 28.8 Å². The number of aliphatic hydroxyl groups is 1. The van der Waals surface area contributed by atoms with Gasteiger partial charge in [0.2, 0.25) is 0 Å². The molecule has 0 fully saturated rings. The van der Waals surface area contributed by atoms with Gasteiger partial charge in [-0.15, -0.1) is 0 Å². The van der Waals surface area contributed by atoms with Gasteiger partial charge >= 0.3 is 0 Å². The maximum atomic E-state index is 8.72. The lowest BCUT2D eigenvalue weighted by molar-refractivity contribution is 0.252. The zero-order valence-electron chi connectivity index (χ0n) is 10.9. The molecule has 3 nitrogen and oxygen atoms in total. The van der Waals surface area contributed by atoms with Crippen LogP contribution in [0.15, 0.2) is 18.2 Å². The van der Waals surface area contributed by atoms with E-state index in [1.54, 1.807) is 0 Å². The van der Waals surface area contributed by atoms with Crippen LogP contribution >= 0.6 is 11.6 Å². The first-order valence-electron chi connectivity index (χ1n) is 6.51. The van der Waals surface area contributed by atoms with Crippen molar-refractivity contribution in [1.82, 2.24) is 5.32 Å². The molecule has 2 N–H and O–H groups in total. The second-order valence-corrected chi connectivity index (χ2v) is 4.58. The van der Waals surface area contributed by atoms with Crippen LogP contribution in [0.1, 0.15) is 31.7 Å². The highest BCUT2D eigenvalue weighted by molar-refractivity contribution is 6.31. The van der Waals surface area contributed by atoms with E-state index in [1.165, 1.54) is 0 Å². The number of aliphatic hydroxyl groups excluding tert-OH is 1. The molecular weight excluding hydrogens is 250 g/mol. The van der Waals surface area contributed by atoms with Crippen LogP contribution in [-0.2, 0) is 6.54 Å². The molecule has 102 valence electrons. The van der Waals surface area contributed by atoms with Crippen molar-refractivity contribution in [2.24, 2.45) is 0 Å². The Morgan fingerprint density at radius 3 is 2.89 bits per heavy atom. The van der Waals surface area contributed by atoms with E-state index in [9.17, 15) is 0 Å². The zero-order valence-corrected chi connectivity index (χ0v) is 11.7. The minimum Gasteiger partial charge on any atom is -0.493 e. The molecule has 0 spiro atoms. The van der Waals surface area contributed by atoms with E-state index in [4.69, 9.17) is 21.4 Å². The van der Waals surface area contributed by atoms with Gasteiger partial charge in [0.05, 0.1) is 6.61 Å². The van der Waals surface area contributed by atoms with Crippen LogP contribution in [0.25, 0.3) is 0 Å². The molecular formula is C14H22ClNO2. The fourth-order valence-corrected chi connectivity index (χ4v) is 1.86. The van der Waals surface area contributed by atoms with Crippen molar-refractivity contribution >= 4 is 11.6 Å². The number of halogens is 1. The molecule has 0 radical (unpaired) electrons. The van der Waals surface area contributed by atoms with Gasteiger partial charge in [0.25, 0.3) is 0 Å². The number of rotatable bonds is 9. The van der Waals surface area contributed by atoms with Gasteiger partial charge in [0.15, 0.2) is 0 Å². The molecule has 1 aromatic rings. The smallest absolute Gasteiger partial charge is 0.125 e. The highest BCUT2D eigenvalue weighted by Crippen LogP contribution is 2.26. The van der Waals surface area contributed by atoms with Gasteiger partial charge in [-0.05, 0) is 37.9 Å². The Kier molecular flexibility index (Phi) is 7.81. The predicted molar refractivity (Wildman–Crippen MR) is 75.3 cm³/mol. The van der Waals surface area contributed by atoms with Crippen LogP contribution < -0.4 is 10.1 Å². The van der Waals surface area contributed by atoms with Crippen molar-refractivity contribution in [2.45, 2.75) is 32.7 Å². The first kappa shape index (κ1) is 15.3. The monoisotopic (exact) mass is 271 g/mol.